The van der Waals surface area contributed by atoms with Gasteiger partial charge >= 0.3 is 0 Å². The van der Waals surface area contributed by atoms with E-state index in [0.29, 0.717) is 53.3 Å². The molecule has 0 bridgehead atoms. The van der Waals surface area contributed by atoms with Gasteiger partial charge in [-0.3, -0.25) is 13.9 Å². The van der Waals surface area contributed by atoms with Gasteiger partial charge in [-0.05, 0) is 55.3 Å². The summed E-state index contributed by atoms with van der Waals surface area (Å²) in [5.74, 6) is -0.137. The third-order valence-electron chi connectivity index (χ3n) is 6.50. The molecule has 0 saturated heterocycles. The van der Waals surface area contributed by atoms with E-state index in [1.165, 1.54) is 23.1 Å². The second-order valence-electron chi connectivity index (χ2n) is 9.38. The fraction of sp³-hybridized carbons (Fsp3) is 0.310. The Morgan fingerprint density at radius 3 is 2.37 bits per heavy atom. The van der Waals surface area contributed by atoms with Crippen molar-refractivity contribution in [2.45, 2.75) is 37.8 Å². The molecule has 0 aliphatic carbocycles. The third-order valence-corrected chi connectivity index (χ3v) is 8.87. The van der Waals surface area contributed by atoms with E-state index in [2.05, 4.69) is 5.32 Å². The Morgan fingerprint density at radius 1 is 0.976 bits per heavy atom. The minimum atomic E-state index is -4.21. The molecule has 3 aromatic rings. The van der Waals surface area contributed by atoms with Crippen LogP contribution in [0.5, 0.6) is 11.5 Å². The number of rotatable bonds is 11. The maximum Gasteiger partial charge on any atom is 0.264 e. The maximum absolute atomic E-state index is 14.0. The summed E-state index contributed by atoms with van der Waals surface area (Å²) >= 11 is 12.5. The van der Waals surface area contributed by atoms with Crippen LogP contribution in [0, 0.1) is 0 Å². The van der Waals surface area contributed by atoms with Crippen molar-refractivity contribution in [3.05, 3.63) is 82.3 Å². The van der Waals surface area contributed by atoms with E-state index in [1.54, 1.807) is 55.5 Å². The quantitative estimate of drug-likeness (QED) is 0.327. The van der Waals surface area contributed by atoms with E-state index >= 15 is 0 Å². The first kappa shape index (κ1) is 30.5. The summed E-state index contributed by atoms with van der Waals surface area (Å²) in [6, 6.07) is 16.4. The number of amides is 2. The minimum absolute atomic E-state index is 0.00345. The molecule has 9 nitrogen and oxygen atoms in total. The number of hydrogen-bond donors (Lipinski definition) is 1. The van der Waals surface area contributed by atoms with Gasteiger partial charge < -0.3 is 19.7 Å². The SMILES string of the molecule is CCCNC(=O)[C@H](C)N(Cc1ccc(Cl)cc1Cl)C(=O)CN(c1ccc2c(c1)OCCO2)S(=O)(=O)c1ccccc1. The van der Waals surface area contributed by atoms with Gasteiger partial charge in [0.05, 0.1) is 10.6 Å². The Labute approximate surface area is 250 Å². The van der Waals surface area contributed by atoms with Crippen molar-refractivity contribution in [1.29, 1.82) is 0 Å². The highest BCUT2D eigenvalue weighted by Crippen LogP contribution is 2.36. The van der Waals surface area contributed by atoms with Gasteiger partial charge in [0.2, 0.25) is 11.8 Å². The van der Waals surface area contributed by atoms with Crippen molar-refractivity contribution in [1.82, 2.24) is 10.2 Å². The molecule has 0 aromatic heterocycles. The highest BCUT2D eigenvalue weighted by Gasteiger charge is 2.33. The first-order valence-corrected chi connectivity index (χ1v) is 15.3. The fourth-order valence-electron chi connectivity index (χ4n) is 4.25. The number of carbonyl (C=O) groups excluding carboxylic acids is 2. The average molecular weight is 621 g/mol. The summed E-state index contributed by atoms with van der Waals surface area (Å²) < 4.78 is 40.1. The molecule has 12 heteroatoms. The lowest BCUT2D eigenvalue weighted by molar-refractivity contribution is -0.139. The molecule has 0 radical (unpaired) electrons. The summed E-state index contributed by atoms with van der Waals surface area (Å²) in [7, 11) is -4.21. The minimum Gasteiger partial charge on any atom is -0.486 e. The summed E-state index contributed by atoms with van der Waals surface area (Å²) in [4.78, 5) is 28.3. The van der Waals surface area contributed by atoms with Gasteiger partial charge in [0, 0.05) is 29.2 Å². The van der Waals surface area contributed by atoms with E-state index < -0.39 is 28.5 Å². The van der Waals surface area contributed by atoms with Gasteiger partial charge in [0.1, 0.15) is 25.8 Å². The van der Waals surface area contributed by atoms with Crippen LogP contribution in [0.25, 0.3) is 0 Å². The zero-order valence-electron chi connectivity index (χ0n) is 22.7. The molecule has 41 heavy (non-hydrogen) atoms. The Kier molecular flexibility index (Phi) is 10.0. The van der Waals surface area contributed by atoms with Crippen LogP contribution in [0.2, 0.25) is 10.0 Å². The summed E-state index contributed by atoms with van der Waals surface area (Å²) in [6.07, 6.45) is 0.711. The highest BCUT2D eigenvalue weighted by atomic mass is 35.5. The number of carbonyl (C=O) groups is 2. The fourth-order valence-corrected chi connectivity index (χ4v) is 6.14. The first-order valence-electron chi connectivity index (χ1n) is 13.1. The van der Waals surface area contributed by atoms with Crippen molar-refractivity contribution in [2.75, 3.05) is 30.6 Å². The van der Waals surface area contributed by atoms with Gasteiger partial charge in [0.25, 0.3) is 10.0 Å². The normalized spacial score (nSPS) is 13.3. The number of ether oxygens (including phenoxy) is 2. The molecule has 1 aliphatic rings. The standard InChI is InChI=1S/C29H31Cl2N3O6S/c1-3-13-32-29(36)20(2)33(18-21-9-10-22(30)16-25(21)31)28(35)19-34(41(37,38)24-7-5-4-6-8-24)23-11-12-26-27(17-23)40-15-14-39-26/h4-12,16-17,20H,3,13-15,18-19H2,1-2H3,(H,32,36)/t20-/m0/s1. The van der Waals surface area contributed by atoms with E-state index in [9.17, 15) is 18.0 Å². The predicted octanol–water partition coefficient (Wildman–Crippen LogP) is 4.90. The van der Waals surface area contributed by atoms with Crippen LogP contribution in [-0.4, -0.2) is 57.5 Å². The van der Waals surface area contributed by atoms with Crippen LogP contribution in [0.4, 0.5) is 5.69 Å². The molecule has 1 atom stereocenters. The molecule has 218 valence electrons. The van der Waals surface area contributed by atoms with E-state index in [0.717, 1.165) is 4.31 Å². The number of halogens is 2. The lowest BCUT2D eigenvalue weighted by Gasteiger charge is -2.32. The van der Waals surface area contributed by atoms with Crippen LogP contribution in [0.3, 0.4) is 0 Å². The number of nitrogens with zero attached hydrogens (tertiary/aromatic N) is 2. The van der Waals surface area contributed by atoms with Crippen molar-refractivity contribution in [3.63, 3.8) is 0 Å². The van der Waals surface area contributed by atoms with Gasteiger partial charge in [-0.1, -0.05) is 54.4 Å². The molecule has 0 spiro atoms. The summed E-state index contributed by atoms with van der Waals surface area (Å²) in [6.45, 7) is 3.98. The molecule has 2 amide bonds. The smallest absolute Gasteiger partial charge is 0.264 e. The Morgan fingerprint density at radius 2 is 1.68 bits per heavy atom. The monoisotopic (exact) mass is 619 g/mol. The maximum atomic E-state index is 14.0. The zero-order chi connectivity index (χ0) is 29.6. The average Bonchev–Trinajstić information content (AvgIpc) is 2.98. The van der Waals surface area contributed by atoms with Gasteiger partial charge in [0.15, 0.2) is 11.5 Å². The Hall–Kier alpha value is -3.47. The second-order valence-corrected chi connectivity index (χ2v) is 12.1. The Balaban J connectivity index is 1.74. The zero-order valence-corrected chi connectivity index (χ0v) is 25.0. The number of anilines is 1. The molecular weight excluding hydrogens is 589 g/mol. The van der Waals surface area contributed by atoms with Crippen LogP contribution < -0.4 is 19.1 Å². The Bertz CT molecular complexity index is 1500. The van der Waals surface area contributed by atoms with Crippen LogP contribution in [0.1, 0.15) is 25.8 Å². The number of sulfonamides is 1. The van der Waals surface area contributed by atoms with Crippen LogP contribution in [-0.2, 0) is 26.2 Å². The lowest BCUT2D eigenvalue weighted by atomic mass is 10.1. The lowest BCUT2D eigenvalue weighted by Crippen LogP contribution is -2.51. The van der Waals surface area contributed by atoms with Gasteiger partial charge in [-0.15, -0.1) is 0 Å². The molecule has 1 N–H and O–H groups in total. The second kappa shape index (κ2) is 13.5. The largest absolute Gasteiger partial charge is 0.486 e. The van der Waals surface area contributed by atoms with Crippen LogP contribution in [0.15, 0.2) is 71.6 Å². The molecule has 4 rings (SSSR count). The summed E-state index contributed by atoms with van der Waals surface area (Å²) in [5.41, 5.74) is 0.760. The van der Waals surface area contributed by atoms with Crippen molar-refractivity contribution >= 4 is 50.7 Å². The number of fused-ring (bicyclic) bond motifs is 1. The number of benzene rings is 3. The number of hydrogen-bond acceptors (Lipinski definition) is 6. The molecule has 1 heterocycles. The first-order chi connectivity index (χ1) is 19.6. The van der Waals surface area contributed by atoms with Crippen molar-refractivity contribution < 1.29 is 27.5 Å². The van der Waals surface area contributed by atoms with Gasteiger partial charge in [-0.25, -0.2) is 8.42 Å². The topological polar surface area (TPSA) is 105 Å². The van der Waals surface area contributed by atoms with E-state index in [1.807, 2.05) is 6.92 Å². The molecule has 3 aromatic carbocycles. The number of nitrogens with one attached hydrogen (secondary N) is 1. The van der Waals surface area contributed by atoms with Crippen molar-refractivity contribution in [2.24, 2.45) is 0 Å². The molecule has 0 fully saturated rings. The predicted molar refractivity (Wildman–Crippen MR) is 158 cm³/mol. The molecule has 0 saturated carbocycles. The third kappa shape index (κ3) is 7.25. The van der Waals surface area contributed by atoms with Gasteiger partial charge in [-0.2, -0.15) is 0 Å². The highest BCUT2D eigenvalue weighted by molar-refractivity contribution is 7.92. The molecule has 0 unspecified atom stereocenters. The van der Waals surface area contributed by atoms with Crippen LogP contribution >= 0.6 is 23.2 Å². The molecular formula is C29H31Cl2N3O6S. The van der Waals surface area contributed by atoms with Crippen molar-refractivity contribution in [3.8, 4) is 11.5 Å². The van der Waals surface area contributed by atoms with E-state index in [-0.39, 0.29) is 23.0 Å². The molecule has 1 aliphatic heterocycles. The van der Waals surface area contributed by atoms with E-state index in [4.69, 9.17) is 32.7 Å². The summed E-state index contributed by atoms with van der Waals surface area (Å²) in [5, 5.41) is 3.54.